The number of rotatable bonds is 6. The largest absolute Gasteiger partial charge is 0.484 e. The summed E-state index contributed by atoms with van der Waals surface area (Å²) in [7, 11) is 0. The number of para-hydroxylation sites is 1. The number of benzene rings is 3. The molecule has 3 aromatic rings. The highest BCUT2D eigenvalue weighted by atomic mass is 35.5. The van der Waals surface area contributed by atoms with Crippen LogP contribution in [0.2, 0.25) is 5.02 Å². The Bertz CT molecular complexity index is 1370. The highest BCUT2D eigenvalue weighted by molar-refractivity contribution is 6.30. The first-order valence-electron chi connectivity index (χ1n) is 13.4. The molecule has 1 saturated heterocycles. The number of nitrogens with zero attached hydrogens (tertiary/aromatic N) is 3. The van der Waals surface area contributed by atoms with Gasteiger partial charge in [0.2, 0.25) is 5.91 Å². The summed E-state index contributed by atoms with van der Waals surface area (Å²) in [5.74, 6) is 0.201. The van der Waals surface area contributed by atoms with E-state index in [0.29, 0.717) is 49.1 Å². The van der Waals surface area contributed by atoms with Crippen LogP contribution in [0.25, 0.3) is 0 Å². The maximum atomic E-state index is 13.8. The normalized spacial score (nSPS) is 18.6. The van der Waals surface area contributed by atoms with Crippen molar-refractivity contribution in [2.24, 2.45) is 0 Å². The van der Waals surface area contributed by atoms with Crippen molar-refractivity contribution in [3.05, 3.63) is 88.9 Å². The van der Waals surface area contributed by atoms with Gasteiger partial charge in [-0.05, 0) is 73.5 Å². The van der Waals surface area contributed by atoms with Crippen LogP contribution in [0.1, 0.15) is 42.2 Å². The molecule has 5 rings (SSSR count). The molecule has 2 aliphatic heterocycles. The molecule has 9 heteroatoms. The lowest BCUT2D eigenvalue weighted by atomic mass is 9.89. The Morgan fingerprint density at radius 1 is 0.975 bits per heavy atom. The second kappa shape index (κ2) is 12.1. The molecule has 2 heterocycles. The van der Waals surface area contributed by atoms with Crippen LogP contribution in [0.15, 0.2) is 72.8 Å². The quantitative estimate of drug-likeness (QED) is 0.418. The molecule has 0 saturated carbocycles. The molecule has 8 nitrogen and oxygen atoms in total. The predicted molar refractivity (Wildman–Crippen MR) is 154 cm³/mol. The number of ether oxygens (including phenoxy) is 2. The Balaban J connectivity index is 1.34. The lowest BCUT2D eigenvalue weighted by molar-refractivity contribution is -0.137. The van der Waals surface area contributed by atoms with Crippen molar-refractivity contribution in [2.75, 3.05) is 42.7 Å². The van der Waals surface area contributed by atoms with E-state index in [-0.39, 0.29) is 36.4 Å². The number of carbonyl (C=O) groups excluding carboxylic acids is 3. The zero-order chi connectivity index (χ0) is 28.2. The van der Waals surface area contributed by atoms with Gasteiger partial charge in [-0.1, -0.05) is 29.8 Å². The Labute approximate surface area is 239 Å². The molecule has 0 aromatic heterocycles. The summed E-state index contributed by atoms with van der Waals surface area (Å²) >= 11 is 6.09. The third-order valence-corrected chi connectivity index (χ3v) is 7.61. The molecule has 1 fully saturated rings. The summed E-state index contributed by atoms with van der Waals surface area (Å²) in [5, 5.41) is 0.599. The van der Waals surface area contributed by atoms with Crippen molar-refractivity contribution in [1.82, 2.24) is 4.90 Å². The second-order valence-corrected chi connectivity index (χ2v) is 10.4. The van der Waals surface area contributed by atoms with Crippen LogP contribution in [0, 0.1) is 0 Å². The van der Waals surface area contributed by atoms with Crippen LogP contribution in [-0.4, -0.2) is 61.6 Å². The number of fused-ring (bicyclic) bond motifs is 1. The van der Waals surface area contributed by atoms with Gasteiger partial charge in [-0.3, -0.25) is 14.4 Å². The van der Waals surface area contributed by atoms with E-state index in [1.807, 2.05) is 43.3 Å². The SMILES string of the molecule is CC(=O)N(c1ccc(Cl)cc1)[C@@H]1C[C@H](C)N(C(=O)c2ccc(OCC(=O)N3CCOCC3)cc2)c2ccccc21. The fourth-order valence-corrected chi connectivity index (χ4v) is 5.53. The number of anilines is 2. The number of halogens is 1. The third kappa shape index (κ3) is 5.83. The van der Waals surface area contributed by atoms with Gasteiger partial charge < -0.3 is 24.2 Å². The van der Waals surface area contributed by atoms with E-state index in [1.54, 1.807) is 58.0 Å². The van der Waals surface area contributed by atoms with Crippen LogP contribution in [0.3, 0.4) is 0 Å². The molecule has 0 unspecified atom stereocenters. The monoisotopic (exact) mass is 561 g/mol. The first-order chi connectivity index (χ1) is 19.3. The van der Waals surface area contributed by atoms with Gasteiger partial charge in [-0.25, -0.2) is 0 Å². The molecule has 0 bridgehead atoms. The summed E-state index contributed by atoms with van der Waals surface area (Å²) < 4.78 is 11.0. The lowest BCUT2D eigenvalue weighted by Crippen LogP contribution is -2.47. The van der Waals surface area contributed by atoms with Gasteiger partial charge in [0.25, 0.3) is 11.8 Å². The third-order valence-electron chi connectivity index (χ3n) is 7.36. The topological polar surface area (TPSA) is 79.4 Å². The molecule has 0 N–H and O–H groups in total. The van der Waals surface area contributed by atoms with E-state index in [0.717, 1.165) is 16.9 Å². The Hall–Kier alpha value is -3.88. The summed E-state index contributed by atoms with van der Waals surface area (Å²) in [5.41, 5.74) is 2.94. The Kier molecular flexibility index (Phi) is 8.38. The fourth-order valence-electron chi connectivity index (χ4n) is 5.40. The first-order valence-corrected chi connectivity index (χ1v) is 13.8. The zero-order valence-electron chi connectivity index (χ0n) is 22.6. The number of hydrogen-bond donors (Lipinski definition) is 0. The van der Waals surface area contributed by atoms with Crippen LogP contribution in [0.5, 0.6) is 5.75 Å². The van der Waals surface area contributed by atoms with Gasteiger partial charge in [0.15, 0.2) is 6.61 Å². The lowest BCUT2D eigenvalue weighted by Gasteiger charge is -2.43. The van der Waals surface area contributed by atoms with E-state index < -0.39 is 0 Å². The molecule has 3 aromatic carbocycles. The maximum Gasteiger partial charge on any atom is 0.260 e. The van der Waals surface area contributed by atoms with Crippen molar-refractivity contribution in [3.63, 3.8) is 0 Å². The van der Waals surface area contributed by atoms with Crippen molar-refractivity contribution in [2.45, 2.75) is 32.4 Å². The Morgan fingerprint density at radius 3 is 2.33 bits per heavy atom. The van der Waals surface area contributed by atoms with Crippen LogP contribution in [0.4, 0.5) is 11.4 Å². The zero-order valence-corrected chi connectivity index (χ0v) is 23.3. The number of morpholine rings is 1. The molecule has 0 aliphatic carbocycles. The summed E-state index contributed by atoms with van der Waals surface area (Å²) in [6, 6.07) is 21.4. The van der Waals surface area contributed by atoms with E-state index in [4.69, 9.17) is 21.1 Å². The number of carbonyl (C=O) groups is 3. The molecular formula is C31H32ClN3O5. The van der Waals surface area contributed by atoms with Crippen LogP contribution >= 0.6 is 11.6 Å². The number of amides is 3. The smallest absolute Gasteiger partial charge is 0.260 e. The molecule has 0 radical (unpaired) electrons. The van der Waals surface area contributed by atoms with Crippen LogP contribution < -0.4 is 14.5 Å². The highest BCUT2D eigenvalue weighted by Crippen LogP contribution is 2.43. The van der Waals surface area contributed by atoms with Gasteiger partial charge in [0, 0.05) is 48.0 Å². The minimum Gasteiger partial charge on any atom is -0.484 e. The molecule has 208 valence electrons. The summed E-state index contributed by atoms with van der Waals surface area (Å²) in [4.78, 5) is 44.3. The molecular weight excluding hydrogens is 530 g/mol. The standard InChI is InChI=1S/C31H32ClN3O5/c1-21-19-29(35(22(2)36)25-11-9-24(32)10-12-25)27-5-3-4-6-28(27)34(21)31(38)23-7-13-26(14-8-23)40-20-30(37)33-15-17-39-18-16-33/h3-14,21,29H,15-20H2,1-2H3/t21-,29+/m0/s1. The van der Waals surface area contributed by atoms with Gasteiger partial charge in [0.05, 0.1) is 19.3 Å². The first kappa shape index (κ1) is 27.7. The van der Waals surface area contributed by atoms with Crippen molar-refractivity contribution in [1.29, 1.82) is 0 Å². The molecule has 3 amide bonds. The van der Waals surface area contributed by atoms with E-state index in [9.17, 15) is 14.4 Å². The van der Waals surface area contributed by atoms with E-state index in [2.05, 4.69) is 0 Å². The highest BCUT2D eigenvalue weighted by Gasteiger charge is 2.38. The molecule has 40 heavy (non-hydrogen) atoms. The average molecular weight is 562 g/mol. The van der Waals surface area contributed by atoms with Gasteiger partial charge in [-0.15, -0.1) is 0 Å². The van der Waals surface area contributed by atoms with E-state index >= 15 is 0 Å². The predicted octanol–water partition coefficient (Wildman–Crippen LogP) is 5.11. The minimum absolute atomic E-state index is 0.0640. The van der Waals surface area contributed by atoms with E-state index in [1.165, 1.54) is 0 Å². The molecule has 2 aliphatic rings. The van der Waals surface area contributed by atoms with Gasteiger partial charge >= 0.3 is 0 Å². The average Bonchev–Trinajstić information content (AvgIpc) is 2.97. The molecule has 0 spiro atoms. The van der Waals surface area contributed by atoms with Gasteiger partial charge in [-0.2, -0.15) is 0 Å². The van der Waals surface area contributed by atoms with Crippen molar-refractivity contribution < 1.29 is 23.9 Å². The van der Waals surface area contributed by atoms with Crippen molar-refractivity contribution in [3.8, 4) is 5.75 Å². The maximum absolute atomic E-state index is 13.8. The fraction of sp³-hybridized carbons (Fsp3) is 0.323. The van der Waals surface area contributed by atoms with Gasteiger partial charge in [0.1, 0.15) is 5.75 Å². The number of hydrogen-bond acceptors (Lipinski definition) is 5. The summed E-state index contributed by atoms with van der Waals surface area (Å²) in [6.45, 7) is 5.69. The Morgan fingerprint density at radius 2 is 1.65 bits per heavy atom. The molecule has 2 atom stereocenters. The second-order valence-electron chi connectivity index (χ2n) is 10.0. The van der Waals surface area contributed by atoms with Crippen LogP contribution in [-0.2, 0) is 14.3 Å². The minimum atomic E-state index is -0.242. The van der Waals surface area contributed by atoms with Crippen molar-refractivity contribution >= 4 is 40.7 Å². The summed E-state index contributed by atoms with van der Waals surface area (Å²) in [6.07, 6.45) is 0.565.